The van der Waals surface area contributed by atoms with E-state index in [2.05, 4.69) is 72.7 Å². The Kier molecular flexibility index (Phi) is 6.39. The lowest BCUT2D eigenvalue weighted by molar-refractivity contribution is 0.662. The first-order valence-electron chi connectivity index (χ1n) is 10.3. The molecule has 2 aromatic carbocycles. The number of H-pyrrole nitrogens is 1. The van der Waals surface area contributed by atoms with Gasteiger partial charge in [0.05, 0.1) is 0 Å². The first-order chi connectivity index (χ1) is 14.8. The summed E-state index contributed by atoms with van der Waals surface area (Å²) in [5.41, 5.74) is 4.38. The van der Waals surface area contributed by atoms with Crippen molar-refractivity contribution in [1.29, 1.82) is 0 Å². The maximum absolute atomic E-state index is 4.45. The third-order valence-electron chi connectivity index (χ3n) is 5.02. The van der Waals surface area contributed by atoms with E-state index >= 15 is 0 Å². The van der Waals surface area contributed by atoms with Crippen LogP contribution in [0.2, 0.25) is 0 Å². The Hall–Kier alpha value is -3.61. The molecule has 0 unspecified atom stereocenters. The van der Waals surface area contributed by atoms with Gasteiger partial charge in [0.15, 0.2) is 0 Å². The van der Waals surface area contributed by atoms with E-state index in [1.165, 1.54) is 18.4 Å². The Bertz CT molecular complexity index is 1030. The molecule has 0 bridgehead atoms. The SMILES string of the molecule is CCCCCN(Cc1ccc(-c2ccccc2-c2nn[nH]n2)cc1)c1ncccn1. The van der Waals surface area contributed by atoms with E-state index in [-0.39, 0.29) is 0 Å². The van der Waals surface area contributed by atoms with Gasteiger partial charge in [-0.25, -0.2) is 9.97 Å². The van der Waals surface area contributed by atoms with E-state index in [4.69, 9.17) is 0 Å². The molecular formula is C23H25N7. The summed E-state index contributed by atoms with van der Waals surface area (Å²) < 4.78 is 0. The van der Waals surface area contributed by atoms with Crippen LogP contribution in [0.4, 0.5) is 5.95 Å². The maximum Gasteiger partial charge on any atom is 0.225 e. The molecular weight excluding hydrogens is 374 g/mol. The van der Waals surface area contributed by atoms with Gasteiger partial charge in [-0.3, -0.25) is 0 Å². The molecule has 0 spiro atoms. The topological polar surface area (TPSA) is 83.5 Å². The lowest BCUT2D eigenvalue weighted by Gasteiger charge is -2.22. The molecule has 0 saturated heterocycles. The van der Waals surface area contributed by atoms with Crippen LogP contribution < -0.4 is 4.90 Å². The highest BCUT2D eigenvalue weighted by atomic mass is 15.5. The van der Waals surface area contributed by atoms with Crippen molar-refractivity contribution in [2.45, 2.75) is 32.7 Å². The number of unbranched alkanes of at least 4 members (excludes halogenated alkanes) is 2. The molecule has 2 aromatic heterocycles. The van der Waals surface area contributed by atoms with Crippen LogP contribution in [0.5, 0.6) is 0 Å². The molecule has 30 heavy (non-hydrogen) atoms. The van der Waals surface area contributed by atoms with Crippen LogP contribution in [0.25, 0.3) is 22.5 Å². The van der Waals surface area contributed by atoms with E-state index in [1.807, 2.05) is 24.3 Å². The van der Waals surface area contributed by atoms with E-state index in [0.717, 1.165) is 42.1 Å². The van der Waals surface area contributed by atoms with Gasteiger partial charge in [0.1, 0.15) is 0 Å². The summed E-state index contributed by atoms with van der Waals surface area (Å²) in [5, 5.41) is 14.5. The number of anilines is 1. The Morgan fingerprint density at radius 1 is 0.867 bits per heavy atom. The summed E-state index contributed by atoms with van der Waals surface area (Å²) in [6, 6.07) is 18.6. The fourth-order valence-electron chi connectivity index (χ4n) is 3.47. The molecule has 4 rings (SSSR count). The fraction of sp³-hybridized carbons (Fsp3) is 0.261. The van der Waals surface area contributed by atoms with Crippen molar-refractivity contribution in [3.05, 3.63) is 72.6 Å². The van der Waals surface area contributed by atoms with Crippen LogP contribution in [0.1, 0.15) is 31.7 Å². The normalized spacial score (nSPS) is 10.8. The van der Waals surface area contributed by atoms with Crippen LogP contribution >= 0.6 is 0 Å². The molecule has 2 heterocycles. The minimum absolute atomic E-state index is 0.595. The highest BCUT2D eigenvalue weighted by Crippen LogP contribution is 2.30. The van der Waals surface area contributed by atoms with Crippen molar-refractivity contribution in [1.82, 2.24) is 30.6 Å². The Balaban J connectivity index is 1.55. The van der Waals surface area contributed by atoms with Crippen molar-refractivity contribution in [2.75, 3.05) is 11.4 Å². The smallest absolute Gasteiger partial charge is 0.225 e. The molecule has 0 saturated carbocycles. The van der Waals surface area contributed by atoms with Crippen molar-refractivity contribution >= 4 is 5.95 Å². The van der Waals surface area contributed by atoms with Gasteiger partial charge < -0.3 is 4.90 Å². The zero-order chi connectivity index (χ0) is 20.6. The molecule has 0 aliphatic heterocycles. The zero-order valence-corrected chi connectivity index (χ0v) is 17.1. The van der Waals surface area contributed by atoms with Crippen LogP contribution in [0.15, 0.2) is 67.0 Å². The number of nitrogens with one attached hydrogen (secondary N) is 1. The number of aromatic nitrogens is 6. The van der Waals surface area contributed by atoms with Gasteiger partial charge >= 0.3 is 0 Å². The van der Waals surface area contributed by atoms with Gasteiger partial charge in [0.25, 0.3) is 0 Å². The van der Waals surface area contributed by atoms with Gasteiger partial charge in [-0.05, 0) is 34.4 Å². The van der Waals surface area contributed by atoms with Crippen molar-refractivity contribution in [3.63, 3.8) is 0 Å². The molecule has 1 N–H and O–H groups in total. The number of nitrogens with zero attached hydrogens (tertiary/aromatic N) is 6. The quantitative estimate of drug-likeness (QED) is 0.417. The molecule has 7 nitrogen and oxygen atoms in total. The Labute approximate surface area is 176 Å². The van der Waals surface area contributed by atoms with Crippen molar-refractivity contribution in [3.8, 4) is 22.5 Å². The zero-order valence-electron chi connectivity index (χ0n) is 17.1. The minimum atomic E-state index is 0.595. The summed E-state index contributed by atoms with van der Waals surface area (Å²) in [4.78, 5) is 11.2. The number of rotatable bonds is 9. The van der Waals surface area contributed by atoms with Crippen LogP contribution in [0, 0.1) is 0 Å². The molecule has 0 amide bonds. The highest BCUT2D eigenvalue weighted by molar-refractivity contribution is 5.80. The van der Waals surface area contributed by atoms with Gasteiger partial charge in [0, 0.05) is 31.0 Å². The van der Waals surface area contributed by atoms with Crippen LogP contribution in [-0.4, -0.2) is 37.1 Å². The molecule has 4 aromatic rings. The standard InChI is InChI=1S/C23H25N7/c1-2-3-6-16-30(23-24-14-7-15-25-23)17-18-10-12-19(13-11-18)20-8-4-5-9-21(20)22-26-28-29-27-22/h4-5,7-15H,2-3,6,16-17H2,1H3,(H,26,27,28,29). The van der Waals surface area contributed by atoms with Gasteiger partial charge in [-0.15, -0.1) is 10.2 Å². The highest BCUT2D eigenvalue weighted by Gasteiger charge is 2.12. The third kappa shape index (κ3) is 4.68. The van der Waals surface area contributed by atoms with Crippen LogP contribution in [0.3, 0.4) is 0 Å². The second-order valence-electron chi connectivity index (χ2n) is 7.16. The summed E-state index contributed by atoms with van der Waals surface area (Å²) in [5.74, 6) is 1.37. The predicted octanol–water partition coefficient (Wildman–Crippen LogP) is 4.52. The largest absolute Gasteiger partial charge is 0.337 e. The van der Waals surface area contributed by atoms with E-state index in [1.54, 1.807) is 12.4 Å². The molecule has 0 radical (unpaired) electrons. The van der Waals surface area contributed by atoms with E-state index < -0.39 is 0 Å². The molecule has 152 valence electrons. The third-order valence-corrected chi connectivity index (χ3v) is 5.02. The predicted molar refractivity (Wildman–Crippen MR) is 118 cm³/mol. The van der Waals surface area contributed by atoms with Crippen molar-refractivity contribution < 1.29 is 0 Å². The van der Waals surface area contributed by atoms with E-state index in [0.29, 0.717) is 5.82 Å². The molecule has 0 aliphatic carbocycles. The lowest BCUT2D eigenvalue weighted by Crippen LogP contribution is -2.25. The lowest BCUT2D eigenvalue weighted by atomic mass is 9.98. The summed E-state index contributed by atoms with van der Waals surface area (Å²) in [6.45, 7) is 3.94. The number of tetrazole rings is 1. The molecule has 0 atom stereocenters. The Morgan fingerprint density at radius 3 is 2.33 bits per heavy atom. The second-order valence-corrected chi connectivity index (χ2v) is 7.16. The van der Waals surface area contributed by atoms with Gasteiger partial charge in [-0.1, -0.05) is 68.3 Å². The number of hydrogen-bond donors (Lipinski definition) is 1. The molecule has 0 fully saturated rings. The average molecular weight is 400 g/mol. The summed E-state index contributed by atoms with van der Waals surface area (Å²) in [6.07, 6.45) is 7.12. The fourth-order valence-corrected chi connectivity index (χ4v) is 3.47. The number of aromatic amines is 1. The van der Waals surface area contributed by atoms with Crippen LogP contribution in [-0.2, 0) is 6.54 Å². The van der Waals surface area contributed by atoms with E-state index in [9.17, 15) is 0 Å². The average Bonchev–Trinajstić information content (AvgIpc) is 3.35. The first-order valence-corrected chi connectivity index (χ1v) is 10.3. The van der Waals surface area contributed by atoms with Gasteiger partial charge in [0.2, 0.25) is 11.8 Å². The first kappa shape index (κ1) is 19.7. The number of benzene rings is 2. The molecule has 7 heteroatoms. The summed E-state index contributed by atoms with van der Waals surface area (Å²) >= 11 is 0. The Morgan fingerprint density at radius 2 is 1.63 bits per heavy atom. The van der Waals surface area contributed by atoms with Crippen molar-refractivity contribution in [2.24, 2.45) is 0 Å². The number of hydrogen-bond acceptors (Lipinski definition) is 6. The molecule has 0 aliphatic rings. The summed E-state index contributed by atoms with van der Waals surface area (Å²) in [7, 11) is 0. The second kappa shape index (κ2) is 9.73. The van der Waals surface area contributed by atoms with Gasteiger partial charge in [-0.2, -0.15) is 5.21 Å². The minimum Gasteiger partial charge on any atom is -0.337 e. The maximum atomic E-state index is 4.45. The monoisotopic (exact) mass is 399 g/mol.